The van der Waals surface area contributed by atoms with E-state index in [-0.39, 0.29) is 22.9 Å². The lowest BCUT2D eigenvalue weighted by Crippen LogP contribution is -2.32. The standard InChI is InChI=1S/C21H24N2O4S/c1-4-14(2)23-28(25,26)18-11-9-16(10-12-18)21(24)22-15(3)20-13-17-7-5-6-8-19(17)27-20/h5-15,23H,4H2,1-3H3,(H,22,24)/t14-,15+/m1/s1. The van der Waals surface area contributed by atoms with Crippen LogP contribution in [0.15, 0.2) is 63.9 Å². The van der Waals surface area contributed by atoms with Crippen LogP contribution in [-0.2, 0) is 10.0 Å². The summed E-state index contributed by atoms with van der Waals surface area (Å²) in [4.78, 5) is 12.6. The molecule has 2 N–H and O–H groups in total. The minimum Gasteiger partial charge on any atom is -0.459 e. The van der Waals surface area contributed by atoms with Crippen LogP contribution in [0.5, 0.6) is 0 Å². The Balaban J connectivity index is 1.70. The van der Waals surface area contributed by atoms with E-state index < -0.39 is 10.0 Å². The molecule has 7 heteroatoms. The van der Waals surface area contributed by atoms with Gasteiger partial charge in [0.15, 0.2) is 0 Å². The van der Waals surface area contributed by atoms with Gasteiger partial charge in [-0.15, -0.1) is 0 Å². The van der Waals surface area contributed by atoms with Crippen LogP contribution in [0.3, 0.4) is 0 Å². The van der Waals surface area contributed by atoms with Crippen LogP contribution in [0.25, 0.3) is 11.0 Å². The molecular weight excluding hydrogens is 376 g/mol. The summed E-state index contributed by atoms with van der Waals surface area (Å²) < 4.78 is 33.0. The molecule has 0 spiro atoms. The Kier molecular flexibility index (Phi) is 5.86. The zero-order valence-electron chi connectivity index (χ0n) is 16.1. The summed E-state index contributed by atoms with van der Waals surface area (Å²) in [5.41, 5.74) is 1.15. The second-order valence-electron chi connectivity index (χ2n) is 6.84. The summed E-state index contributed by atoms with van der Waals surface area (Å²) in [6.45, 7) is 5.55. The topological polar surface area (TPSA) is 88.4 Å². The molecule has 0 unspecified atom stereocenters. The van der Waals surface area contributed by atoms with Crippen molar-refractivity contribution in [1.29, 1.82) is 0 Å². The molecule has 0 radical (unpaired) electrons. The first kappa shape index (κ1) is 20.1. The number of amides is 1. The van der Waals surface area contributed by atoms with Gasteiger partial charge in [-0.05, 0) is 56.7 Å². The predicted molar refractivity (Wildman–Crippen MR) is 109 cm³/mol. The number of para-hydroxylation sites is 1. The van der Waals surface area contributed by atoms with Crippen molar-refractivity contribution in [2.75, 3.05) is 0 Å². The third-order valence-corrected chi connectivity index (χ3v) is 6.22. The molecule has 3 aromatic rings. The average Bonchev–Trinajstić information content (AvgIpc) is 3.12. The van der Waals surface area contributed by atoms with E-state index in [4.69, 9.17) is 4.42 Å². The summed E-state index contributed by atoms with van der Waals surface area (Å²) in [6.07, 6.45) is 0.694. The van der Waals surface area contributed by atoms with Crippen molar-refractivity contribution in [3.05, 3.63) is 65.9 Å². The summed E-state index contributed by atoms with van der Waals surface area (Å²) in [5.74, 6) is 0.360. The molecule has 6 nitrogen and oxygen atoms in total. The van der Waals surface area contributed by atoms with E-state index >= 15 is 0 Å². The fraction of sp³-hybridized carbons (Fsp3) is 0.286. The van der Waals surface area contributed by atoms with Crippen molar-refractivity contribution >= 4 is 26.9 Å². The molecule has 0 saturated heterocycles. The van der Waals surface area contributed by atoms with Crippen molar-refractivity contribution in [3.8, 4) is 0 Å². The zero-order valence-corrected chi connectivity index (χ0v) is 16.9. The molecule has 2 aromatic carbocycles. The minimum atomic E-state index is -3.59. The SMILES string of the molecule is CC[C@@H](C)NS(=O)(=O)c1ccc(C(=O)N[C@@H](C)c2cc3ccccc3o2)cc1. The number of carbonyl (C=O) groups is 1. The fourth-order valence-corrected chi connectivity index (χ4v) is 4.10. The quantitative estimate of drug-likeness (QED) is 0.627. The summed E-state index contributed by atoms with van der Waals surface area (Å²) >= 11 is 0. The first-order valence-electron chi connectivity index (χ1n) is 9.22. The molecule has 0 saturated carbocycles. The van der Waals surface area contributed by atoms with Crippen LogP contribution in [0, 0.1) is 0 Å². The van der Waals surface area contributed by atoms with Gasteiger partial charge in [0.05, 0.1) is 10.9 Å². The molecule has 0 aliphatic carbocycles. The zero-order chi connectivity index (χ0) is 20.3. The van der Waals surface area contributed by atoms with Crippen LogP contribution < -0.4 is 10.0 Å². The highest BCUT2D eigenvalue weighted by atomic mass is 32.2. The van der Waals surface area contributed by atoms with Gasteiger partial charge in [-0.3, -0.25) is 4.79 Å². The monoisotopic (exact) mass is 400 g/mol. The second-order valence-corrected chi connectivity index (χ2v) is 8.55. The highest BCUT2D eigenvalue weighted by Gasteiger charge is 2.19. The maximum Gasteiger partial charge on any atom is 0.251 e. The first-order valence-corrected chi connectivity index (χ1v) is 10.7. The normalized spacial score (nSPS) is 14.0. The van der Waals surface area contributed by atoms with E-state index in [0.29, 0.717) is 17.7 Å². The van der Waals surface area contributed by atoms with Gasteiger partial charge in [0, 0.05) is 17.0 Å². The molecule has 1 heterocycles. The number of sulfonamides is 1. The van der Waals surface area contributed by atoms with E-state index in [1.807, 2.05) is 44.2 Å². The minimum absolute atomic E-state index is 0.134. The maximum absolute atomic E-state index is 12.5. The van der Waals surface area contributed by atoms with Crippen LogP contribution in [-0.4, -0.2) is 20.4 Å². The lowest BCUT2D eigenvalue weighted by Gasteiger charge is -2.13. The number of benzene rings is 2. The first-order chi connectivity index (χ1) is 13.3. The molecule has 148 valence electrons. The molecule has 2 atom stereocenters. The van der Waals surface area contributed by atoms with E-state index in [1.165, 1.54) is 24.3 Å². The van der Waals surface area contributed by atoms with E-state index in [0.717, 1.165) is 11.0 Å². The van der Waals surface area contributed by atoms with Gasteiger partial charge in [-0.1, -0.05) is 25.1 Å². The number of rotatable bonds is 7. The van der Waals surface area contributed by atoms with E-state index in [9.17, 15) is 13.2 Å². The molecule has 0 bridgehead atoms. The summed E-state index contributed by atoms with van der Waals surface area (Å²) in [6, 6.07) is 14.9. The van der Waals surface area contributed by atoms with Gasteiger partial charge in [0.1, 0.15) is 11.3 Å². The maximum atomic E-state index is 12.5. The summed E-state index contributed by atoms with van der Waals surface area (Å²) in [7, 11) is -3.59. The van der Waals surface area contributed by atoms with Crippen molar-refractivity contribution in [1.82, 2.24) is 10.0 Å². The average molecular weight is 401 g/mol. The second kappa shape index (κ2) is 8.16. The third-order valence-electron chi connectivity index (χ3n) is 4.61. The highest BCUT2D eigenvalue weighted by Crippen LogP contribution is 2.24. The Morgan fingerprint density at radius 3 is 2.39 bits per heavy atom. The van der Waals surface area contributed by atoms with Crippen molar-refractivity contribution in [2.45, 2.75) is 44.2 Å². The Labute approximate surface area is 165 Å². The third kappa shape index (κ3) is 4.43. The van der Waals surface area contributed by atoms with Crippen LogP contribution in [0.1, 0.15) is 49.4 Å². The smallest absolute Gasteiger partial charge is 0.251 e. The van der Waals surface area contributed by atoms with Crippen LogP contribution in [0.2, 0.25) is 0 Å². The van der Waals surface area contributed by atoms with E-state index in [1.54, 1.807) is 6.92 Å². The number of nitrogens with one attached hydrogen (secondary N) is 2. The Morgan fingerprint density at radius 1 is 1.07 bits per heavy atom. The number of fused-ring (bicyclic) bond motifs is 1. The molecule has 1 amide bonds. The lowest BCUT2D eigenvalue weighted by molar-refractivity contribution is 0.0935. The molecular formula is C21H24N2O4S. The van der Waals surface area contributed by atoms with Gasteiger partial charge < -0.3 is 9.73 Å². The molecule has 28 heavy (non-hydrogen) atoms. The number of hydrogen-bond donors (Lipinski definition) is 2. The number of hydrogen-bond acceptors (Lipinski definition) is 4. The van der Waals surface area contributed by atoms with Crippen molar-refractivity contribution in [2.24, 2.45) is 0 Å². The van der Waals surface area contributed by atoms with Crippen LogP contribution in [0.4, 0.5) is 0 Å². The number of carbonyl (C=O) groups excluding carboxylic acids is 1. The Morgan fingerprint density at radius 2 is 1.75 bits per heavy atom. The molecule has 0 fully saturated rings. The van der Waals surface area contributed by atoms with E-state index in [2.05, 4.69) is 10.0 Å². The lowest BCUT2D eigenvalue weighted by atomic mass is 10.1. The van der Waals surface area contributed by atoms with Gasteiger partial charge in [0.25, 0.3) is 5.91 Å². The largest absolute Gasteiger partial charge is 0.459 e. The van der Waals surface area contributed by atoms with Crippen LogP contribution >= 0.6 is 0 Å². The highest BCUT2D eigenvalue weighted by molar-refractivity contribution is 7.89. The molecule has 0 aliphatic heterocycles. The predicted octanol–water partition coefficient (Wildman–Crippen LogP) is 4.00. The number of furan rings is 1. The molecule has 1 aromatic heterocycles. The van der Waals surface area contributed by atoms with Gasteiger partial charge in [0.2, 0.25) is 10.0 Å². The van der Waals surface area contributed by atoms with Gasteiger partial charge >= 0.3 is 0 Å². The van der Waals surface area contributed by atoms with Gasteiger partial charge in [-0.25, -0.2) is 13.1 Å². The van der Waals surface area contributed by atoms with Crippen molar-refractivity contribution < 1.29 is 17.6 Å². The summed E-state index contributed by atoms with van der Waals surface area (Å²) in [5, 5.41) is 3.85. The van der Waals surface area contributed by atoms with Gasteiger partial charge in [-0.2, -0.15) is 0 Å². The molecule has 3 rings (SSSR count). The fourth-order valence-electron chi connectivity index (χ4n) is 2.77. The van der Waals surface area contributed by atoms with Crippen molar-refractivity contribution in [3.63, 3.8) is 0 Å². The Hall–Kier alpha value is -2.64. The molecule has 0 aliphatic rings. The Bertz CT molecular complexity index is 1040.